The number of benzene rings is 1. The molecule has 1 aromatic carbocycles. The van der Waals surface area contributed by atoms with Crippen molar-refractivity contribution in [3.63, 3.8) is 0 Å². The Bertz CT molecular complexity index is 402. The molecule has 1 unspecified atom stereocenters. The molecule has 1 rings (SSSR count). The van der Waals surface area contributed by atoms with Gasteiger partial charge in [0.1, 0.15) is 0 Å². The molecular formula is C15H23F3N2. The van der Waals surface area contributed by atoms with Crippen LogP contribution in [-0.2, 0) is 6.18 Å². The van der Waals surface area contributed by atoms with Crippen LogP contribution in [0.4, 0.5) is 13.2 Å². The third-order valence-electron chi connectivity index (χ3n) is 3.15. The van der Waals surface area contributed by atoms with Gasteiger partial charge in [0.2, 0.25) is 0 Å². The molecule has 0 radical (unpaired) electrons. The highest BCUT2D eigenvalue weighted by Gasteiger charge is 2.34. The van der Waals surface area contributed by atoms with E-state index in [1.54, 1.807) is 12.1 Å². The Morgan fingerprint density at radius 3 is 2.40 bits per heavy atom. The van der Waals surface area contributed by atoms with Crippen molar-refractivity contribution in [1.29, 1.82) is 0 Å². The van der Waals surface area contributed by atoms with Crippen LogP contribution >= 0.6 is 0 Å². The molecule has 0 spiro atoms. The molecule has 20 heavy (non-hydrogen) atoms. The second-order valence-corrected chi connectivity index (χ2v) is 5.18. The van der Waals surface area contributed by atoms with Gasteiger partial charge in [0, 0.05) is 6.04 Å². The fourth-order valence-corrected chi connectivity index (χ4v) is 2.13. The third kappa shape index (κ3) is 5.13. The minimum atomic E-state index is -4.30. The van der Waals surface area contributed by atoms with E-state index in [1.165, 1.54) is 6.07 Å². The van der Waals surface area contributed by atoms with Crippen LogP contribution in [0.2, 0.25) is 0 Å². The lowest BCUT2D eigenvalue weighted by Gasteiger charge is -2.24. The Kier molecular flexibility index (Phi) is 6.49. The van der Waals surface area contributed by atoms with Crippen LogP contribution in [0.25, 0.3) is 0 Å². The zero-order valence-corrected chi connectivity index (χ0v) is 12.3. The van der Waals surface area contributed by atoms with Crippen LogP contribution in [0.1, 0.15) is 36.9 Å². The highest BCUT2D eigenvalue weighted by molar-refractivity contribution is 5.32. The molecule has 1 N–H and O–H groups in total. The number of nitrogens with zero attached hydrogens (tertiary/aromatic N) is 1. The summed E-state index contributed by atoms with van der Waals surface area (Å²) >= 11 is 0. The van der Waals surface area contributed by atoms with E-state index in [2.05, 4.69) is 5.32 Å². The van der Waals surface area contributed by atoms with E-state index in [0.717, 1.165) is 19.0 Å². The minimum Gasteiger partial charge on any atom is -0.310 e. The van der Waals surface area contributed by atoms with E-state index in [1.807, 2.05) is 25.9 Å². The first-order valence-corrected chi connectivity index (χ1v) is 6.90. The summed E-state index contributed by atoms with van der Waals surface area (Å²) in [5, 5.41) is 3.23. The fraction of sp³-hybridized carbons (Fsp3) is 0.600. The van der Waals surface area contributed by atoms with Gasteiger partial charge in [-0.15, -0.1) is 0 Å². The van der Waals surface area contributed by atoms with E-state index < -0.39 is 11.7 Å². The van der Waals surface area contributed by atoms with Crippen molar-refractivity contribution in [2.24, 2.45) is 0 Å². The highest BCUT2D eigenvalue weighted by Crippen LogP contribution is 2.35. The topological polar surface area (TPSA) is 15.3 Å². The largest absolute Gasteiger partial charge is 0.416 e. The first kappa shape index (κ1) is 17.0. The third-order valence-corrected chi connectivity index (χ3v) is 3.15. The number of hydrogen-bond acceptors (Lipinski definition) is 2. The van der Waals surface area contributed by atoms with E-state index in [9.17, 15) is 13.2 Å². The maximum atomic E-state index is 13.1. The zero-order valence-electron chi connectivity index (χ0n) is 12.3. The predicted molar refractivity (Wildman–Crippen MR) is 75.6 cm³/mol. The van der Waals surface area contributed by atoms with Crippen molar-refractivity contribution in [1.82, 2.24) is 10.2 Å². The van der Waals surface area contributed by atoms with Crippen LogP contribution < -0.4 is 5.32 Å². The normalized spacial score (nSPS) is 13.8. The van der Waals surface area contributed by atoms with Crippen LogP contribution in [0, 0.1) is 0 Å². The lowest BCUT2D eigenvalue weighted by atomic mass is 9.97. The molecule has 0 aliphatic heterocycles. The molecule has 0 aliphatic carbocycles. The second-order valence-electron chi connectivity index (χ2n) is 5.18. The molecule has 0 saturated carbocycles. The Hall–Kier alpha value is -1.07. The summed E-state index contributed by atoms with van der Waals surface area (Å²) in [5.41, 5.74) is -0.192. The smallest absolute Gasteiger partial charge is 0.310 e. The van der Waals surface area contributed by atoms with Gasteiger partial charge in [0.25, 0.3) is 0 Å². The van der Waals surface area contributed by atoms with Gasteiger partial charge in [-0.3, -0.25) is 0 Å². The summed E-state index contributed by atoms with van der Waals surface area (Å²) in [6.45, 7) is 3.46. The highest BCUT2D eigenvalue weighted by atomic mass is 19.4. The first-order valence-electron chi connectivity index (χ1n) is 6.90. The first-order chi connectivity index (χ1) is 9.36. The van der Waals surface area contributed by atoms with Gasteiger partial charge in [-0.1, -0.05) is 25.1 Å². The summed E-state index contributed by atoms with van der Waals surface area (Å²) in [6, 6.07) is 5.57. The van der Waals surface area contributed by atoms with Gasteiger partial charge in [0.15, 0.2) is 0 Å². The summed E-state index contributed by atoms with van der Waals surface area (Å²) < 4.78 is 39.3. The SMILES string of the molecule is CCCNC(CCN(C)C)c1ccccc1C(F)(F)F. The molecule has 0 fully saturated rings. The lowest BCUT2D eigenvalue weighted by molar-refractivity contribution is -0.138. The van der Waals surface area contributed by atoms with Crippen LogP contribution in [-0.4, -0.2) is 32.1 Å². The van der Waals surface area contributed by atoms with Crippen molar-refractivity contribution in [2.75, 3.05) is 27.2 Å². The number of alkyl halides is 3. The Morgan fingerprint density at radius 2 is 1.85 bits per heavy atom. The maximum absolute atomic E-state index is 13.1. The van der Waals surface area contributed by atoms with Crippen molar-refractivity contribution in [3.8, 4) is 0 Å². The monoisotopic (exact) mass is 288 g/mol. The van der Waals surface area contributed by atoms with E-state index >= 15 is 0 Å². The summed E-state index contributed by atoms with van der Waals surface area (Å²) in [7, 11) is 3.85. The Morgan fingerprint density at radius 1 is 1.20 bits per heavy atom. The molecule has 0 bridgehead atoms. The average Bonchev–Trinajstić information content (AvgIpc) is 2.37. The van der Waals surface area contributed by atoms with E-state index in [4.69, 9.17) is 0 Å². The van der Waals surface area contributed by atoms with Gasteiger partial charge in [-0.25, -0.2) is 0 Å². The van der Waals surface area contributed by atoms with E-state index in [0.29, 0.717) is 18.5 Å². The molecule has 0 saturated heterocycles. The van der Waals surface area contributed by atoms with Crippen molar-refractivity contribution < 1.29 is 13.2 Å². The Balaban J connectivity index is 3.00. The Labute approximate surface area is 119 Å². The number of rotatable bonds is 7. The van der Waals surface area contributed by atoms with Gasteiger partial charge < -0.3 is 10.2 Å². The van der Waals surface area contributed by atoms with Crippen molar-refractivity contribution >= 4 is 0 Å². The molecule has 0 aromatic heterocycles. The van der Waals surface area contributed by atoms with Gasteiger partial charge in [-0.05, 0) is 51.7 Å². The van der Waals surface area contributed by atoms with Gasteiger partial charge in [0.05, 0.1) is 5.56 Å². The molecule has 2 nitrogen and oxygen atoms in total. The van der Waals surface area contributed by atoms with Gasteiger partial charge in [-0.2, -0.15) is 13.2 Å². The number of nitrogens with one attached hydrogen (secondary N) is 1. The summed E-state index contributed by atoms with van der Waals surface area (Å²) in [4.78, 5) is 1.98. The standard InChI is InChI=1S/C15H23F3N2/c1-4-10-19-14(9-11-20(2)3)12-7-5-6-8-13(12)15(16,17)18/h5-8,14,19H,4,9-11H2,1-3H3. The number of halogens is 3. The molecule has 0 heterocycles. The van der Waals surface area contributed by atoms with Crippen LogP contribution in [0.5, 0.6) is 0 Å². The molecule has 1 atom stereocenters. The van der Waals surface area contributed by atoms with Gasteiger partial charge >= 0.3 is 6.18 Å². The van der Waals surface area contributed by atoms with Crippen molar-refractivity contribution in [3.05, 3.63) is 35.4 Å². The molecular weight excluding hydrogens is 265 g/mol. The fourth-order valence-electron chi connectivity index (χ4n) is 2.13. The zero-order chi connectivity index (χ0) is 15.2. The average molecular weight is 288 g/mol. The molecule has 5 heteroatoms. The van der Waals surface area contributed by atoms with E-state index in [-0.39, 0.29) is 6.04 Å². The predicted octanol–water partition coefficient (Wildman–Crippen LogP) is 3.70. The quantitative estimate of drug-likeness (QED) is 0.823. The molecule has 1 aromatic rings. The molecule has 114 valence electrons. The maximum Gasteiger partial charge on any atom is 0.416 e. The second kappa shape index (κ2) is 7.64. The van der Waals surface area contributed by atoms with Crippen molar-refractivity contribution in [2.45, 2.75) is 32.0 Å². The molecule has 0 amide bonds. The molecule has 0 aliphatic rings. The minimum absolute atomic E-state index is 0.268. The summed E-state index contributed by atoms with van der Waals surface area (Å²) in [6.07, 6.45) is -2.76. The number of hydrogen-bond donors (Lipinski definition) is 1. The van der Waals surface area contributed by atoms with Crippen LogP contribution in [0.15, 0.2) is 24.3 Å². The summed E-state index contributed by atoms with van der Waals surface area (Å²) in [5.74, 6) is 0. The lowest BCUT2D eigenvalue weighted by Crippen LogP contribution is -2.28. The van der Waals surface area contributed by atoms with Crippen LogP contribution in [0.3, 0.4) is 0 Å².